The van der Waals surface area contributed by atoms with Crippen molar-refractivity contribution in [3.8, 4) is 0 Å². The van der Waals surface area contributed by atoms with E-state index in [1.165, 1.54) is 24.8 Å². The minimum atomic E-state index is -0.671. The molecule has 10 nitrogen and oxygen atoms in total. The fourth-order valence-electron chi connectivity index (χ4n) is 2.62. The number of rotatable bonds is 6. The number of nitrogens with zero attached hydrogens (tertiary/aromatic N) is 5. The van der Waals surface area contributed by atoms with Crippen LogP contribution in [0.1, 0.15) is 45.3 Å². The highest BCUT2D eigenvalue weighted by Gasteiger charge is 2.28. The number of hydrogen-bond acceptors (Lipinski definition) is 8. The number of nitrogens with two attached hydrogens (primary N) is 1. The molecule has 0 bridgehead atoms. The van der Waals surface area contributed by atoms with E-state index >= 15 is 0 Å². The molecule has 0 aliphatic heterocycles. The quantitative estimate of drug-likeness (QED) is 0.588. The Kier molecular flexibility index (Phi) is 4.58. The summed E-state index contributed by atoms with van der Waals surface area (Å²) in [6.07, 6.45) is 11.0. The van der Waals surface area contributed by atoms with E-state index in [1.807, 2.05) is 0 Å². The first-order chi connectivity index (χ1) is 13.6. The SMILES string of the molecule is NC(=O)c1ccncc1NC(=O)c1nc(C2CC2)cnc1Nc1cncnc1. The Morgan fingerprint density at radius 3 is 2.57 bits per heavy atom. The fourth-order valence-corrected chi connectivity index (χ4v) is 2.62. The summed E-state index contributed by atoms with van der Waals surface area (Å²) in [5.74, 6) is -0.644. The smallest absolute Gasteiger partial charge is 0.278 e. The Morgan fingerprint density at radius 2 is 1.86 bits per heavy atom. The van der Waals surface area contributed by atoms with Crippen LogP contribution in [-0.2, 0) is 0 Å². The molecule has 1 aliphatic rings. The average molecular weight is 376 g/mol. The summed E-state index contributed by atoms with van der Waals surface area (Å²) in [4.78, 5) is 45.1. The van der Waals surface area contributed by atoms with Crippen LogP contribution in [0.15, 0.2) is 43.4 Å². The predicted octanol–water partition coefficient (Wildman–Crippen LogP) is 1.63. The lowest BCUT2D eigenvalue weighted by Gasteiger charge is -2.12. The molecule has 0 spiro atoms. The standard InChI is InChI=1S/C18H16N8O2/c19-16(27)12-3-4-20-7-14(12)26-18(28)15-17(24-11-5-21-9-22-6-11)23-8-13(25-15)10-1-2-10/h3-10H,1-2H2,(H2,19,27)(H,23,24)(H,26,28). The van der Waals surface area contributed by atoms with E-state index in [2.05, 4.69) is 35.6 Å². The van der Waals surface area contributed by atoms with Gasteiger partial charge in [0.2, 0.25) is 0 Å². The lowest BCUT2D eigenvalue weighted by molar-refractivity contribution is 0.100. The van der Waals surface area contributed by atoms with E-state index in [-0.39, 0.29) is 22.8 Å². The molecule has 10 heteroatoms. The molecule has 3 heterocycles. The molecule has 0 unspecified atom stereocenters. The normalized spacial score (nSPS) is 13.0. The zero-order valence-corrected chi connectivity index (χ0v) is 14.7. The van der Waals surface area contributed by atoms with E-state index in [4.69, 9.17) is 5.73 Å². The molecule has 1 saturated carbocycles. The molecule has 0 aromatic carbocycles. The Morgan fingerprint density at radius 1 is 1.07 bits per heavy atom. The third kappa shape index (κ3) is 3.75. The molecule has 3 aromatic rings. The van der Waals surface area contributed by atoms with Crippen LogP contribution in [0.25, 0.3) is 0 Å². The van der Waals surface area contributed by atoms with Gasteiger partial charge in [-0.05, 0) is 18.9 Å². The van der Waals surface area contributed by atoms with Crippen molar-refractivity contribution in [3.63, 3.8) is 0 Å². The molecule has 3 aromatic heterocycles. The summed E-state index contributed by atoms with van der Waals surface area (Å²) in [6.45, 7) is 0. The topological polar surface area (TPSA) is 149 Å². The highest BCUT2D eigenvalue weighted by atomic mass is 16.2. The summed E-state index contributed by atoms with van der Waals surface area (Å²) in [5.41, 5.74) is 7.12. The second-order valence-corrected chi connectivity index (χ2v) is 6.26. The first kappa shape index (κ1) is 17.5. The first-order valence-corrected chi connectivity index (χ1v) is 8.56. The van der Waals surface area contributed by atoms with Crippen LogP contribution >= 0.6 is 0 Å². The van der Waals surface area contributed by atoms with Gasteiger partial charge in [0.15, 0.2) is 11.5 Å². The van der Waals surface area contributed by atoms with Gasteiger partial charge in [-0.2, -0.15) is 0 Å². The van der Waals surface area contributed by atoms with Gasteiger partial charge in [0.1, 0.15) is 6.33 Å². The number of hydrogen-bond donors (Lipinski definition) is 3. The van der Waals surface area contributed by atoms with Gasteiger partial charge in [0, 0.05) is 12.1 Å². The van der Waals surface area contributed by atoms with Crippen molar-refractivity contribution in [2.45, 2.75) is 18.8 Å². The maximum Gasteiger partial charge on any atom is 0.278 e. The molecule has 1 fully saturated rings. The van der Waals surface area contributed by atoms with Crippen molar-refractivity contribution in [1.29, 1.82) is 0 Å². The van der Waals surface area contributed by atoms with Gasteiger partial charge in [0.25, 0.3) is 11.8 Å². The number of nitrogens with one attached hydrogen (secondary N) is 2. The summed E-state index contributed by atoms with van der Waals surface area (Å²) >= 11 is 0. The minimum Gasteiger partial charge on any atom is -0.366 e. The first-order valence-electron chi connectivity index (χ1n) is 8.56. The average Bonchev–Trinajstić information content (AvgIpc) is 3.54. The van der Waals surface area contributed by atoms with Crippen molar-refractivity contribution in [3.05, 3.63) is 60.3 Å². The second-order valence-electron chi connectivity index (χ2n) is 6.26. The number of pyridine rings is 1. The van der Waals surface area contributed by atoms with Crippen molar-refractivity contribution >= 4 is 29.0 Å². The van der Waals surface area contributed by atoms with Crippen LogP contribution in [-0.4, -0.2) is 36.7 Å². The molecule has 28 heavy (non-hydrogen) atoms. The van der Waals surface area contributed by atoms with Gasteiger partial charge in [0.05, 0.1) is 47.4 Å². The number of carbonyl (C=O) groups is 2. The third-order valence-electron chi connectivity index (χ3n) is 4.16. The Labute approximate surface area is 159 Å². The van der Waals surface area contributed by atoms with Crippen molar-refractivity contribution in [2.24, 2.45) is 5.73 Å². The van der Waals surface area contributed by atoms with E-state index in [9.17, 15) is 9.59 Å². The van der Waals surface area contributed by atoms with Crippen LogP contribution < -0.4 is 16.4 Å². The predicted molar refractivity (Wildman–Crippen MR) is 100 cm³/mol. The highest BCUT2D eigenvalue weighted by Crippen LogP contribution is 2.39. The van der Waals surface area contributed by atoms with Crippen LogP contribution in [0, 0.1) is 0 Å². The summed E-state index contributed by atoms with van der Waals surface area (Å²) in [7, 11) is 0. The Bertz CT molecular complexity index is 1040. The van der Waals surface area contributed by atoms with Gasteiger partial charge in [-0.25, -0.2) is 19.9 Å². The molecule has 4 rings (SSSR count). The van der Waals surface area contributed by atoms with Crippen LogP contribution in [0.2, 0.25) is 0 Å². The molecule has 0 atom stereocenters. The summed E-state index contributed by atoms with van der Waals surface area (Å²) < 4.78 is 0. The van der Waals surface area contributed by atoms with Gasteiger partial charge in [-0.15, -0.1) is 0 Å². The number of anilines is 3. The van der Waals surface area contributed by atoms with E-state index < -0.39 is 11.8 Å². The van der Waals surface area contributed by atoms with Gasteiger partial charge < -0.3 is 16.4 Å². The highest BCUT2D eigenvalue weighted by molar-refractivity contribution is 6.09. The number of aromatic nitrogens is 5. The summed E-state index contributed by atoms with van der Waals surface area (Å²) in [6, 6.07) is 1.44. The second kappa shape index (κ2) is 7.35. The van der Waals surface area contributed by atoms with Crippen LogP contribution in [0.3, 0.4) is 0 Å². The van der Waals surface area contributed by atoms with Crippen molar-refractivity contribution in [2.75, 3.05) is 10.6 Å². The number of amides is 2. The Balaban J connectivity index is 1.67. The third-order valence-corrected chi connectivity index (χ3v) is 4.16. The van der Waals surface area contributed by atoms with Gasteiger partial charge in [-0.1, -0.05) is 0 Å². The zero-order valence-electron chi connectivity index (χ0n) is 14.7. The largest absolute Gasteiger partial charge is 0.366 e. The van der Waals surface area contributed by atoms with Crippen molar-refractivity contribution in [1.82, 2.24) is 24.9 Å². The maximum atomic E-state index is 12.9. The molecule has 4 N–H and O–H groups in total. The van der Waals surface area contributed by atoms with E-state index in [0.29, 0.717) is 11.6 Å². The lowest BCUT2D eigenvalue weighted by Crippen LogP contribution is -2.21. The number of carbonyl (C=O) groups excluding carboxylic acids is 2. The van der Waals surface area contributed by atoms with Gasteiger partial charge in [-0.3, -0.25) is 14.6 Å². The fraction of sp³-hybridized carbons (Fsp3) is 0.167. The molecule has 0 radical (unpaired) electrons. The Hall–Kier alpha value is -3.95. The molecule has 2 amide bonds. The van der Waals surface area contributed by atoms with Crippen LogP contribution in [0.5, 0.6) is 0 Å². The van der Waals surface area contributed by atoms with E-state index in [1.54, 1.807) is 18.6 Å². The van der Waals surface area contributed by atoms with E-state index in [0.717, 1.165) is 18.5 Å². The van der Waals surface area contributed by atoms with Crippen molar-refractivity contribution < 1.29 is 9.59 Å². The lowest BCUT2D eigenvalue weighted by atomic mass is 10.2. The number of primary amides is 1. The molecule has 0 saturated heterocycles. The van der Waals surface area contributed by atoms with Gasteiger partial charge >= 0.3 is 0 Å². The summed E-state index contributed by atoms with van der Waals surface area (Å²) in [5, 5.41) is 5.64. The van der Waals surface area contributed by atoms with Crippen LogP contribution in [0.4, 0.5) is 17.2 Å². The molecular weight excluding hydrogens is 360 g/mol. The molecular formula is C18H16N8O2. The monoisotopic (exact) mass is 376 g/mol. The zero-order chi connectivity index (χ0) is 19.5. The molecule has 140 valence electrons. The maximum absolute atomic E-state index is 12.9. The molecule has 1 aliphatic carbocycles. The minimum absolute atomic E-state index is 0.0903.